The zero-order chi connectivity index (χ0) is 17.5. The number of thiophene rings is 1. The zero-order valence-corrected chi connectivity index (χ0v) is 15.6. The van der Waals surface area contributed by atoms with Crippen molar-refractivity contribution in [1.29, 1.82) is 0 Å². The summed E-state index contributed by atoms with van der Waals surface area (Å²) < 4.78 is 5.49. The van der Waals surface area contributed by atoms with Crippen molar-refractivity contribution in [2.45, 2.75) is 25.8 Å². The predicted octanol–water partition coefficient (Wildman–Crippen LogP) is 3.18. The summed E-state index contributed by atoms with van der Waals surface area (Å²) in [5.41, 5.74) is 2.51. The highest BCUT2D eigenvalue weighted by Crippen LogP contribution is 2.22. The summed E-state index contributed by atoms with van der Waals surface area (Å²) in [6.07, 6.45) is 1.36. The Bertz CT molecular complexity index is 666. The average Bonchev–Trinajstić information content (AvgIpc) is 3.15. The van der Waals surface area contributed by atoms with Crippen molar-refractivity contribution in [2.24, 2.45) is 0 Å². The molecule has 1 aliphatic rings. The molecule has 0 radical (unpaired) electrons. The smallest absolute Gasteiger partial charge is 0.220 e. The lowest BCUT2D eigenvalue weighted by Crippen LogP contribution is -2.43. The van der Waals surface area contributed by atoms with E-state index in [0.717, 1.165) is 32.7 Å². The second-order valence-corrected chi connectivity index (χ2v) is 7.49. The minimum Gasteiger partial charge on any atom is -0.379 e. The fourth-order valence-corrected chi connectivity index (χ4v) is 3.92. The number of rotatable bonds is 7. The van der Waals surface area contributed by atoms with Gasteiger partial charge in [0.2, 0.25) is 5.91 Å². The first-order valence-electron chi connectivity index (χ1n) is 8.90. The Morgan fingerprint density at radius 2 is 2.12 bits per heavy atom. The van der Waals surface area contributed by atoms with Gasteiger partial charge in [0.1, 0.15) is 0 Å². The van der Waals surface area contributed by atoms with E-state index in [1.165, 1.54) is 16.0 Å². The topological polar surface area (TPSA) is 41.6 Å². The van der Waals surface area contributed by atoms with Crippen molar-refractivity contribution in [3.05, 3.63) is 57.8 Å². The summed E-state index contributed by atoms with van der Waals surface area (Å²) in [7, 11) is 0. The fraction of sp³-hybridized carbons (Fsp3) is 0.450. The van der Waals surface area contributed by atoms with Crippen LogP contribution >= 0.6 is 11.3 Å². The van der Waals surface area contributed by atoms with Gasteiger partial charge in [0.25, 0.3) is 0 Å². The molecule has 2 heterocycles. The highest BCUT2D eigenvalue weighted by Gasteiger charge is 2.23. The number of amides is 1. The molecule has 0 aliphatic carbocycles. The zero-order valence-electron chi connectivity index (χ0n) is 14.7. The number of nitrogens with one attached hydrogen (secondary N) is 1. The molecule has 1 aromatic heterocycles. The van der Waals surface area contributed by atoms with Gasteiger partial charge in [-0.1, -0.05) is 35.9 Å². The van der Waals surface area contributed by atoms with Gasteiger partial charge < -0.3 is 10.1 Å². The van der Waals surface area contributed by atoms with E-state index in [9.17, 15) is 4.79 Å². The number of aryl methyl sites for hydroxylation is 2. The van der Waals surface area contributed by atoms with Crippen LogP contribution in [-0.4, -0.2) is 43.7 Å². The Morgan fingerprint density at radius 3 is 2.84 bits per heavy atom. The molecule has 0 spiro atoms. The molecule has 0 bridgehead atoms. The number of nitrogens with zero attached hydrogens (tertiary/aromatic N) is 1. The van der Waals surface area contributed by atoms with Gasteiger partial charge in [0.05, 0.1) is 19.3 Å². The maximum atomic E-state index is 12.3. The monoisotopic (exact) mass is 358 g/mol. The van der Waals surface area contributed by atoms with Gasteiger partial charge in [-0.25, -0.2) is 0 Å². The van der Waals surface area contributed by atoms with E-state index in [2.05, 4.69) is 52.9 Å². The van der Waals surface area contributed by atoms with Crippen LogP contribution < -0.4 is 5.32 Å². The SMILES string of the molecule is Cc1cccc(C(CNC(=O)CCc2cccs2)N2CCOCC2)c1. The highest BCUT2D eigenvalue weighted by atomic mass is 32.1. The van der Waals surface area contributed by atoms with Crippen LogP contribution in [0.25, 0.3) is 0 Å². The average molecular weight is 359 g/mol. The van der Waals surface area contributed by atoms with Crippen LogP contribution in [0.2, 0.25) is 0 Å². The molecular weight excluding hydrogens is 332 g/mol. The van der Waals surface area contributed by atoms with Crippen LogP contribution in [0.5, 0.6) is 0 Å². The molecule has 4 nitrogen and oxygen atoms in total. The first-order chi connectivity index (χ1) is 12.2. The first kappa shape index (κ1) is 18.1. The number of morpholine rings is 1. The standard InChI is InChI=1S/C20H26N2O2S/c1-16-4-2-5-17(14-16)19(22-9-11-24-12-10-22)15-21-20(23)8-7-18-6-3-13-25-18/h2-6,13-14,19H,7-12,15H2,1H3,(H,21,23). The van der Waals surface area contributed by atoms with Crippen LogP contribution in [0, 0.1) is 6.92 Å². The molecule has 0 saturated carbocycles. The maximum Gasteiger partial charge on any atom is 0.220 e. The summed E-state index contributed by atoms with van der Waals surface area (Å²) in [5.74, 6) is 0.124. The molecule has 3 rings (SSSR count). The normalized spacial score (nSPS) is 16.5. The second kappa shape index (κ2) is 9.13. The Morgan fingerprint density at radius 1 is 1.28 bits per heavy atom. The van der Waals surface area contributed by atoms with Crippen molar-refractivity contribution in [2.75, 3.05) is 32.8 Å². The Balaban J connectivity index is 1.60. The summed E-state index contributed by atoms with van der Waals surface area (Å²) in [5, 5.41) is 5.20. The first-order valence-corrected chi connectivity index (χ1v) is 9.78. The Labute approximate surface area is 153 Å². The van der Waals surface area contributed by atoms with E-state index < -0.39 is 0 Å². The van der Waals surface area contributed by atoms with Gasteiger partial charge in [-0.3, -0.25) is 9.69 Å². The number of hydrogen-bond acceptors (Lipinski definition) is 4. The lowest BCUT2D eigenvalue weighted by molar-refractivity contribution is -0.121. The highest BCUT2D eigenvalue weighted by molar-refractivity contribution is 7.09. The van der Waals surface area contributed by atoms with Crippen LogP contribution in [-0.2, 0) is 16.0 Å². The van der Waals surface area contributed by atoms with Crippen LogP contribution in [0.1, 0.15) is 28.5 Å². The number of carbonyl (C=O) groups is 1. The number of hydrogen-bond donors (Lipinski definition) is 1. The van der Waals surface area contributed by atoms with Crippen LogP contribution in [0.4, 0.5) is 0 Å². The van der Waals surface area contributed by atoms with Gasteiger partial charge >= 0.3 is 0 Å². The van der Waals surface area contributed by atoms with E-state index in [1.807, 2.05) is 6.07 Å². The fourth-order valence-electron chi connectivity index (χ4n) is 3.21. The molecular formula is C20H26N2O2S. The van der Waals surface area contributed by atoms with Crippen molar-refractivity contribution < 1.29 is 9.53 Å². The van der Waals surface area contributed by atoms with Gasteiger partial charge in [-0.2, -0.15) is 0 Å². The molecule has 25 heavy (non-hydrogen) atoms. The van der Waals surface area contributed by atoms with E-state index in [-0.39, 0.29) is 11.9 Å². The molecule has 1 amide bonds. The summed E-state index contributed by atoms with van der Waals surface area (Å²) in [6.45, 7) is 6.09. The molecule has 1 fully saturated rings. The van der Waals surface area contributed by atoms with Crippen molar-refractivity contribution in [3.63, 3.8) is 0 Å². The van der Waals surface area contributed by atoms with Gasteiger partial charge in [-0.15, -0.1) is 11.3 Å². The third kappa shape index (κ3) is 5.39. The molecule has 134 valence electrons. The van der Waals surface area contributed by atoms with E-state index >= 15 is 0 Å². The molecule has 1 atom stereocenters. The molecule has 1 N–H and O–H groups in total. The lowest BCUT2D eigenvalue weighted by Gasteiger charge is -2.35. The largest absolute Gasteiger partial charge is 0.379 e. The summed E-state index contributed by atoms with van der Waals surface area (Å²) in [4.78, 5) is 16.0. The van der Waals surface area contributed by atoms with E-state index in [4.69, 9.17) is 4.74 Å². The van der Waals surface area contributed by atoms with Gasteiger partial charge in [0.15, 0.2) is 0 Å². The van der Waals surface area contributed by atoms with E-state index in [1.54, 1.807) is 11.3 Å². The quantitative estimate of drug-likeness (QED) is 0.826. The van der Waals surface area contributed by atoms with Crippen molar-refractivity contribution >= 4 is 17.2 Å². The van der Waals surface area contributed by atoms with Gasteiger partial charge in [0, 0.05) is 30.9 Å². The molecule has 1 unspecified atom stereocenters. The molecule has 1 saturated heterocycles. The summed E-state index contributed by atoms with van der Waals surface area (Å²) in [6, 6.07) is 12.9. The second-order valence-electron chi connectivity index (χ2n) is 6.46. The van der Waals surface area contributed by atoms with Crippen LogP contribution in [0.3, 0.4) is 0 Å². The Hall–Kier alpha value is -1.69. The maximum absolute atomic E-state index is 12.3. The lowest BCUT2D eigenvalue weighted by atomic mass is 10.0. The van der Waals surface area contributed by atoms with Gasteiger partial charge in [-0.05, 0) is 30.4 Å². The third-order valence-electron chi connectivity index (χ3n) is 4.58. The number of benzene rings is 1. The van der Waals surface area contributed by atoms with Crippen LogP contribution in [0.15, 0.2) is 41.8 Å². The Kier molecular flexibility index (Phi) is 6.62. The minimum absolute atomic E-state index is 0.124. The molecule has 5 heteroatoms. The summed E-state index contributed by atoms with van der Waals surface area (Å²) >= 11 is 1.71. The van der Waals surface area contributed by atoms with E-state index in [0.29, 0.717) is 13.0 Å². The number of ether oxygens (including phenoxy) is 1. The molecule has 2 aromatic rings. The minimum atomic E-state index is 0.124. The number of carbonyl (C=O) groups excluding carboxylic acids is 1. The predicted molar refractivity (Wildman–Crippen MR) is 102 cm³/mol. The third-order valence-corrected chi connectivity index (χ3v) is 5.52. The molecule has 1 aliphatic heterocycles. The molecule has 1 aromatic carbocycles. The van der Waals surface area contributed by atoms with Crippen molar-refractivity contribution in [1.82, 2.24) is 10.2 Å². The van der Waals surface area contributed by atoms with Crippen molar-refractivity contribution in [3.8, 4) is 0 Å².